The normalized spacial score (nSPS) is 13.3. The first-order valence-corrected chi connectivity index (χ1v) is 9.16. The van der Waals surface area contributed by atoms with Crippen LogP contribution >= 0.6 is 0 Å². The number of ketones is 1. The molecule has 0 saturated carbocycles. The molecule has 1 amide bonds. The summed E-state index contributed by atoms with van der Waals surface area (Å²) < 4.78 is 0. The van der Waals surface area contributed by atoms with Crippen LogP contribution in [0.15, 0.2) is 36.0 Å². The van der Waals surface area contributed by atoms with E-state index in [2.05, 4.69) is 38.7 Å². The van der Waals surface area contributed by atoms with E-state index in [1.54, 1.807) is 6.92 Å². The molecular weight excluding hydrogens is 298 g/mol. The minimum atomic E-state index is -0.391. The minimum absolute atomic E-state index is 0.0173. The maximum absolute atomic E-state index is 12.5. The molecule has 1 atom stereocenters. The molecule has 136 valence electrons. The van der Waals surface area contributed by atoms with E-state index >= 15 is 0 Å². The van der Waals surface area contributed by atoms with Gasteiger partial charge in [-0.2, -0.15) is 0 Å². The van der Waals surface area contributed by atoms with E-state index < -0.39 is 6.04 Å². The molecule has 3 heteroatoms. The van der Waals surface area contributed by atoms with E-state index in [1.807, 2.05) is 19.1 Å². The Bertz CT molecular complexity index is 472. The van der Waals surface area contributed by atoms with E-state index in [0.717, 1.165) is 36.8 Å². The molecule has 0 heterocycles. The molecular formula is C21H35NO2. The molecule has 3 nitrogen and oxygen atoms in total. The molecule has 0 rings (SSSR count). The highest BCUT2D eigenvalue weighted by Gasteiger charge is 2.19. The van der Waals surface area contributed by atoms with Crippen molar-refractivity contribution in [3.63, 3.8) is 0 Å². The first-order valence-electron chi connectivity index (χ1n) is 9.16. The average Bonchev–Trinajstić information content (AvgIpc) is 2.49. The van der Waals surface area contributed by atoms with Crippen molar-refractivity contribution in [1.82, 2.24) is 5.32 Å². The summed E-state index contributed by atoms with van der Waals surface area (Å²) in [5, 5.41) is 2.90. The fraction of sp³-hybridized carbons (Fsp3) is 0.619. The zero-order valence-electron chi connectivity index (χ0n) is 16.2. The van der Waals surface area contributed by atoms with E-state index in [1.165, 1.54) is 0 Å². The lowest BCUT2D eigenvalue weighted by atomic mass is 9.99. The first-order chi connectivity index (χ1) is 11.3. The van der Waals surface area contributed by atoms with Crippen LogP contribution in [0.2, 0.25) is 0 Å². The number of nitrogens with one attached hydrogen (secondary N) is 1. The molecule has 0 unspecified atom stereocenters. The van der Waals surface area contributed by atoms with Gasteiger partial charge in [0, 0.05) is 5.57 Å². The first kappa shape index (κ1) is 22.4. The summed E-state index contributed by atoms with van der Waals surface area (Å²) in [6.07, 6.45) is 11.1. The van der Waals surface area contributed by atoms with Crippen molar-refractivity contribution >= 4 is 11.7 Å². The largest absolute Gasteiger partial charge is 0.343 e. The van der Waals surface area contributed by atoms with Crippen molar-refractivity contribution in [3.8, 4) is 0 Å². The SMILES string of the molecule is C=C(/C=C\CC/C(=C\CC)C(=O)N[C@H](CC(C)C)C(C)=O)CCC. The van der Waals surface area contributed by atoms with Crippen LogP contribution in [0.4, 0.5) is 0 Å². The van der Waals surface area contributed by atoms with Crippen LogP contribution in [0.5, 0.6) is 0 Å². The fourth-order valence-corrected chi connectivity index (χ4v) is 2.50. The van der Waals surface area contributed by atoms with Crippen molar-refractivity contribution in [3.05, 3.63) is 36.0 Å². The van der Waals surface area contributed by atoms with Crippen molar-refractivity contribution in [2.45, 2.75) is 79.2 Å². The number of Topliss-reactive ketones (excluding diaryl/α,β-unsaturated/α-hetero) is 1. The lowest BCUT2D eigenvalue weighted by molar-refractivity contribution is -0.125. The van der Waals surface area contributed by atoms with Crippen LogP contribution in [0, 0.1) is 5.92 Å². The number of amides is 1. The molecule has 24 heavy (non-hydrogen) atoms. The predicted octanol–water partition coefficient (Wildman–Crippen LogP) is 5.14. The zero-order chi connectivity index (χ0) is 18.5. The summed E-state index contributed by atoms with van der Waals surface area (Å²) >= 11 is 0. The highest BCUT2D eigenvalue weighted by molar-refractivity contribution is 5.96. The third-order valence-electron chi connectivity index (χ3n) is 3.75. The van der Waals surface area contributed by atoms with Gasteiger partial charge >= 0.3 is 0 Å². The molecule has 0 spiro atoms. The molecule has 0 aliphatic carbocycles. The second-order valence-corrected chi connectivity index (χ2v) is 6.75. The number of allylic oxidation sites excluding steroid dienone is 4. The topological polar surface area (TPSA) is 46.2 Å². The third-order valence-corrected chi connectivity index (χ3v) is 3.75. The second kappa shape index (κ2) is 12.7. The van der Waals surface area contributed by atoms with E-state index in [0.29, 0.717) is 18.8 Å². The Morgan fingerprint density at radius 2 is 1.83 bits per heavy atom. The van der Waals surface area contributed by atoms with Gasteiger partial charge in [0.1, 0.15) is 0 Å². The Labute approximate surface area is 148 Å². The highest BCUT2D eigenvalue weighted by Crippen LogP contribution is 2.12. The summed E-state index contributed by atoms with van der Waals surface area (Å²) in [4.78, 5) is 24.2. The van der Waals surface area contributed by atoms with Gasteiger partial charge in [-0.15, -0.1) is 0 Å². The molecule has 0 fully saturated rings. The van der Waals surface area contributed by atoms with Gasteiger partial charge in [-0.3, -0.25) is 9.59 Å². The fourth-order valence-electron chi connectivity index (χ4n) is 2.50. The molecule has 1 N–H and O–H groups in total. The Morgan fingerprint density at radius 1 is 1.17 bits per heavy atom. The van der Waals surface area contributed by atoms with Crippen LogP contribution in [0.1, 0.15) is 73.1 Å². The predicted molar refractivity (Wildman–Crippen MR) is 103 cm³/mol. The molecule has 0 aliphatic rings. The van der Waals surface area contributed by atoms with Crippen molar-refractivity contribution in [2.24, 2.45) is 5.92 Å². The summed E-state index contributed by atoms with van der Waals surface area (Å²) in [5.41, 5.74) is 1.88. The maximum atomic E-state index is 12.5. The van der Waals surface area contributed by atoms with Crippen LogP contribution in [-0.4, -0.2) is 17.7 Å². The summed E-state index contributed by atoms with van der Waals surface area (Å²) in [5.74, 6) is 0.271. The molecule has 0 aromatic carbocycles. The van der Waals surface area contributed by atoms with Gasteiger partial charge in [-0.05, 0) is 44.9 Å². The van der Waals surface area contributed by atoms with E-state index in [-0.39, 0.29) is 11.7 Å². The van der Waals surface area contributed by atoms with Gasteiger partial charge in [0.2, 0.25) is 5.91 Å². The number of hydrogen-bond donors (Lipinski definition) is 1. The molecule has 0 aromatic rings. The van der Waals surface area contributed by atoms with Gasteiger partial charge in [0.15, 0.2) is 5.78 Å². The zero-order valence-corrected chi connectivity index (χ0v) is 16.2. The van der Waals surface area contributed by atoms with Crippen molar-refractivity contribution in [2.75, 3.05) is 0 Å². The van der Waals surface area contributed by atoms with Crippen LogP contribution in [-0.2, 0) is 9.59 Å². The van der Waals surface area contributed by atoms with Gasteiger partial charge < -0.3 is 5.32 Å². The number of rotatable bonds is 12. The Kier molecular flexibility index (Phi) is 11.9. The summed E-state index contributed by atoms with van der Waals surface area (Å²) in [7, 11) is 0. The van der Waals surface area contributed by atoms with Gasteiger partial charge in [-0.25, -0.2) is 0 Å². The number of hydrogen-bond acceptors (Lipinski definition) is 2. The van der Waals surface area contributed by atoms with Gasteiger partial charge in [-0.1, -0.05) is 64.5 Å². The quantitative estimate of drug-likeness (QED) is 0.397. The summed E-state index contributed by atoms with van der Waals surface area (Å²) in [6.45, 7) is 13.8. The van der Waals surface area contributed by atoms with Gasteiger partial charge in [0.25, 0.3) is 0 Å². The molecule has 0 aliphatic heterocycles. The third kappa shape index (κ3) is 10.2. The van der Waals surface area contributed by atoms with Crippen molar-refractivity contribution in [1.29, 1.82) is 0 Å². The standard InChI is InChI=1S/C21H35NO2/c1-7-11-17(5)13-9-10-14-19(12-8-2)21(24)22-20(18(6)23)15-16(3)4/h9,12-13,16,20H,5,7-8,10-11,14-15H2,1-4,6H3,(H,22,24)/b13-9-,19-12+/t20-/m1/s1. The van der Waals surface area contributed by atoms with E-state index in [9.17, 15) is 9.59 Å². The minimum Gasteiger partial charge on any atom is -0.343 e. The lowest BCUT2D eigenvalue weighted by Crippen LogP contribution is -2.41. The molecule has 0 aromatic heterocycles. The highest BCUT2D eigenvalue weighted by atomic mass is 16.2. The van der Waals surface area contributed by atoms with Crippen LogP contribution < -0.4 is 5.32 Å². The summed E-state index contributed by atoms with van der Waals surface area (Å²) in [6, 6.07) is -0.391. The number of carbonyl (C=O) groups is 2. The average molecular weight is 334 g/mol. The second-order valence-electron chi connectivity index (χ2n) is 6.75. The molecule has 0 bridgehead atoms. The Hall–Kier alpha value is -1.64. The lowest BCUT2D eigenvalue weighted by Gasteiger charge is -2.19. The van der Waals surface area contributed by atoms with E-state index in [4.69, 9.17) is 0 Å². The van der Waals surface area contributed by atoms with Crippen LogP contribution in [0.25, 0.3) is 0 Å². The Morgan fingerprint density at radius 3 is 2.33 bits per heavy atom. The van der Waals surface area contributed by atoms with Gasteiger partial charge in [0.05, 0.1) is 6.04 Å². The van der Waals surface area contributed by atoms with Crippen molar-refractivity contribution < 1.29 is 9.59 Å². The number of carbonyl (C=O) groups excluding carboxylic acids is 2. The molecule has 0 saturated heterocycles. The Balaban J connectivity index is 4.69. The smallest absolute Gasteiger partial charge is 0.247 e. The monoisotopic (exact) mass is 333 g/mol. The maximum Gasteiger partial charge on any atom is 0.247 e. The molecule has 0 radical (unpaired) electrons. The van der Waals surface area contributed by atoms with Crippen LogP contribution in [0.3, 0.4) is 0 Å².